The number of ether oxygens (including phenoxy) is 2. The molecule has 0 fully saturated rings. The maximum atomic E-state index is 5.65. The van der Waals surface area contributed by atoms with E-state index in [9.17, 15) is 0 Å². The summed E-state index contributed by atoms with van der Waals surface area (Å²) in [6.45, 7) is 8.35. The van der Waals surface area contributed by atoms with Crippen molar-refractivity contribution in [3.8, 4) is 11.5 Å². The number of methoxy groups -OCH3 is 1. The minimum atomic E-state index is 0. The van der Waals surface area contributed by atoms with E-state index in [4.69, 9.17) is 9.47 Å². The van der Waals surface area contributed by atoms with Gasteiger partial charge in [0.25, 0.3) is 0 Å². The summed E-state index contributed by atoms with van der Waals surface area (Å²) < 4.78 is 10.8. The highest BCUT2D eigenvalue weighted by molar-refractivity contribution is 14.0. The predicted octanol–water partition coefficient (Wildman–Crippen LogP) is 3.05. The van der Waals surface area contributed by atoms with Crippen LogP contribution in [0.15, 0.2) is 29.3 Å². The molecule has 1 unspecified atom stereocenters. The van der Waals surface area contributed by atoms with Gasteiger partial charge in [-0.2, -0.15) is 0 Å². The molecule has 0 amide bonds. The molecule has 0 aromatic heterocycles. The van der Waals surface area contributed by atoms with Crippen molar-refractivity contribution in [2.75, 3.05) is 26.8 Å². The van der Waals surface area contributed by atoms with E-state index in [-0.39, 0.29) is 24.0 Å². The topological polar surface area (TPSA) is 54.9 Å². The van der Waals surface area contributed by atoms with Crippen molar-refractivity contribution in [2.45, 2.75) is 33.2 Å². The zero-order valence-electron chi connectivity index (χ0n) is 13.9. The van der Waals surface area contributed by atoms with Crippen LogP contribution in [0.2, 0.25) is 0 Å². The molecule has 126 valence electrons. The lowest BCUT2D eigenvalue weighted by Crippen LogP contribution is -2.42. The van der Waals surface area contributed by atoms with Gasteiger partial charge in [-0.25, -0.2) is 4.99 Å². The highest BCUT2D eigenvalue weighted by atomic mass is 127. The summed E-state index contributed by atoms with van der Waals surface area (Å²) >= 11 is 0. The molecule has 0 aliphatic heterocycles. The highest BCUT2D eigenvalue weighted by Gasteiger charge is 2.02. The first-order valence-electron chi connectivity index (χ1n) is 7.51. The molecule has 1 aromatic carbocycles. The van der Waals surface area contributed by atoms with Crippen LogP contribution >= 0.6 is 24.0 Å². The van der Waals surface area contributed by atoms with Crippen LogP contribution in [0, 0.1) is 0 Å². The fraction of sp³-hybridized carbons (Fsp3) is 0.562. The normalized spacial score (nSPS) is 12.1. The Balaban J connectivity index is 0.00000441. The van der Waals surface area contributed by atoms with Crippen LogP contribution in [0.1, 0.15) is 27.2 Å². The number of halogens is 1. The minimum absolute atomic E-state index is 0. The first kappa shape index (κ1) is 20.8. The lowest BCUT2D eigenvalue weighted by atomic mass is 10.3. The summed E-state index contributed by atoms with van der Waals surface area (Å²) in [5.74, 6) is 2.49. The largest absolute Gasteiger partial charge is 0.497 e. The van der Waals surface area contributed by atoms with Crippen molar-refractivity contribution in [1.29, 1.82) is 0 Å². The number of nitrogens with one attached hydrogen (secondary N) is 2. The van der Waals surface area contributed by atoms with Crippen LogP contribution in [0.25, 0.3) is 0 Å². The Hall–Kier alpha value is -1.18. The van der Waals surface area contributed by atoms with Gasteiger partial charge < -0.3 is 20.1 Å². The zero-order valence-corrected chi connectivity index (χ0v) is 16.2. The molecule has 0 aliphatic carbocycles. The number of rotatable bonds is 8. The molecular formula is C16H28IN3O2. The second-order valence-corrected chi connectivity index (χ2v) is 4.74. The van der Waals surface area contributed by atoms with Gasteiger partial charge >= 0.3 is 0 Å². The summed E-state index contributed by atoms with van der Waals surface area (Å²) in [7, 11) is 1.65. The van der Waals surface area contributed by atoms with Crippen LogP contribution in [0.4, 0.5) is 0 Å². The number of hydrogen-bond donors (Lipinski definition) is 2. The van der Waals surface area contributed by atoms with E-state index in [0.29, 0.717) is 19.2 Å². The van der Waals surface area contributed by atoms with Crippen molar-refractivity contribution in [3.05, 3.63) is 24.3 Å². The molecule has 0 heterocycles. The molecule has 5 nitrogen and oxygen atoms in total. The quantitative estimate of drug-likeness (QED) is 0.293. The summed E-state index contributed by atoms with van der Waals surface area (Å²) in [5.41, 5.74) is 0. The number of benzene rings is 1. The Labute approximate surface area is 150 Å². The molecule has 0 aliphatic rings. The van der Waals surface area contributed by atoms with Crippen LogP contribution < -0.4 is 20.1 Å². The first-order valence-corrected chi connectivity index (χ1v) is 7.51. The Morgan fingerprint density at radius 1 is 1.18 bits per heavy atom. The maximum Gasteiger partial charge on any atom is 0.191 e. The lowest BCUT2D eigenvalue weighted by Gasteiger charge is -2.16. The minimum Gasteiger partial charge on any atom is -0.497 e. The third-order valence-corrected chi connectivity index (χ3v) is 3.03. The molecule has 1 atom stereocenters. The van der Waals surface area contributed by atoms with Gasteiger partial charge in [-0.1, -0.05) is 6.92 Å². The molecule has 0 saturated heterocycles. The first-order chi connectivity index (χ1) is 10.2. The second kappa shape index (κ2) is 12.4. The monoisotopic (exact) mass is 421 g/mol. The van der Waals surface area contributed by atoms with Gasteiger partial charge in [0.2, 0.25) is 0 Å². The van der Waals surface area contributed by atoms with Gasteiger partial charge in [0, 0.05) is 12.6 Å². The number of guanidine groups is 1. The van der Waals surface area contributed by atoms with E-state index in [2.05, 4.69) is 36.4 Å². The maximum absolute atomic E-state index is 5.65. The van der Waals surface area contributed by atoms with Crippen molar-refractivity contribution in [1.82, 2.24) is 10.6 Å². The van der Waals surface area contributed by atoms with Gasteiger partial charge in [-0.15, -0.1) is 24.0 Å². The van der Waals surface area contributed by atoms with Crippen molar-refractivity contribution in [3.63, 3.8) is 0 Å². The van der Waals surface area contributed by atoms with Gasteiger partial charge in [0.15, 0.2) is 5.96 Å². The molecule has 6 heteroatoms. The number of nitrogens with zero attached hydrogens (tertiary/aromatic N) is 1. The molecule has 0 radical (unpaired) electrons. The van der Waals surface area contributed by atoms with Crippen molar-refractivity contribution in [2.24, 2.45) is 4.99 Å². The van der Waals surface area contributed by atoms with Gasteiger partial charge in [-0.05, 0) is 44.5 Å². The average molecular weight is 421 g/mol. The molecule has 0 saturated carbocycles. The van der Waals surface area contributed by atoms with E-state index < -0.39 is 0 Å². The Morgan fingerprint density at radius 2 is 1.82 bits per heavy atom. The van der Waals surface area contributed by atoms with Crippen LogP contribution in [-0.4, -0.2) is 38.8 Å². The summed E-state index contributed by atoms with van der Waals surface area (Å²) in [6.07, 6.45) is 1.06. The number of hydrogen-bond acceptors (Lipinski definition) is 3. The predicted molar refractivity (Wildman–Crippen MR) is 103 cm³/mol. The Kier molecular flexibility index (Phi) is 11.7. The average Bonchev–Trinajstić information content (AvgIpc) is 2.52. The zero-order chi connectivity index (χ0) is 15.5. The van der Waals surface area contributed by atoms with Crippen LogP contribution in [0.5, 0.6) is 11.5 Å². The van der Waals surface area contributed by atoms with Crippen LogP contribution in [0.3, 0.4) is 0 Å². The molecular weight excluding hydrogens is 393 g/mol. The third-order valence-electron chi connectivity index (χ3n) is 3.03. The molecule has 1 aromatic rings. The second-order valence-electron chi connectivity index (χ2n) is 4.74. The highest BCUT2D eigenvalue weighted by Crippen LogP contribution is 2.16. The van der Waals surface area contributed by atoms with Gasteiger partial charge in [0.05, 0.1) is 13.7 Å². The smallest absolute Gasteiger partial charge is 0.191 e. The van der Waals surface area contributed by atoms with Crippen LogP contribution in [-0.2, 0) is 0 Å². The summed E-state index contributed by atoms with van der Waals surface area (Å²) in [6, 6.07) is 7.96. The summed E-state index contributed by atoms with van der Waals surface area (Å²) in [4.78, 5) is 4.49. The number of aliphatic imine (C=N–C) groups is 1. The van der Waals surface area contributed by atoms with Crippen molar-refractivity contribution < 1.29 is 9.47 Å². The fourth-order valence-electron chi connectivity index (χ4n) is 1.65. The molecule has 0 bridgehead atoms. The lowest BCUT2D eigenvalue weighted by molar-refractivity contribution is 0.327. The Bertz CT molecular complexity index is 424. The fourth-order valence-corrected chi connectivity index (χ4v) is 1.65. The van der Waals surface area contributed by atoms with E-state index >= 15 is 0 Å². The van der Waals surface area contributed by atoms with E-state index in [1.54, 1.807) is 7.11 Å². The summed E-state index contributed by atoms with van der Waals surface area (Å²) in [5, 5.41) is 6.58. The SMILES string of the molecule is CCNC(=NCCOc1ccc(OC)cc1)NC(C)CC.I. The van der Waals surface area contributed by atoms with Gasteiger partial charge in [0.1, 0.15) is 18.1 Å². The van der Waals surface area contributed by atoms with Gasteiger partial charge in [-0.3, -0.25) is 0 Å². The third kappa shape index (κ3) is 8.31. The standard InChI is InChI=1S/C16H27N3O2.HI/c1-5-13(3)19-16(17-6-2)18-11-12-21-15-9-7-14(20-4)8-10-15;/h7-10,13H,5-6,11-12H2,1-4H3,(H2,17,18,19);1H. The molecule has 22 heavy (non-hydrogen) atoms. The van der Waals surface area contributed by atoms with E-state index in [1.807, 2.05) is 24.3 Å². The molecule has 1 rings (SSSR count). The molecule has 0 spiro atoms. The van der Waals surface area contributed by atoms with E-state index in [1.165, 1.54) is 0 Å². The Morgan fingerprint density at radius 3 is 2.36 bits per heavy atom. The molecule has 2 N–H and O–H groups in total. The van der Waals surface area contributed by atoms with E-state index in [0.717, 1.165) is 30.4 Å². The van der Waals surface area contributed by atoms with Crippen molar-refractivity contribution >= 4 is 29.9 Å².